The highest BCUT2D eigenvalue weighted by Crippen LogP contribution is 2.47. The Bertz CT molecular complexity index is 972. The summed E-state index contributed by atoms with van der Waals surface area (Å²) in [5.74, 6) is 0.912. The molecule has 5 heteroatoms. The molecule has 2 atom stereocenters. The van der Waals surface area contributed by atoms with Gasteiger partial charge in [-0.05, 0) is 29.8 Å². The van der Waals surface area contributed by atoms with Crippen molar-refractivity contribution in [3.8, 4) is 5.75 Å². The molecule has 0 aliphatic carbocycles. The third kappa shape index (κ3) is 2.54. The minimum Gasteiger partial charge on any atom is -0.464 e. The van der Waals surface area contributed by atoms with Crippen LogP contribution in [0.4, 0.5) is 0 Å². The van der Waals surface area contributed by atoms with Crippen LogP contribution in [-0.2, 0) is 0 Å². The zero-order chi connectivity index (χ0) is 17.5. The smallest absolute Gasteiger partial charge is 0.215 e. The number of ether oxygens (including phenoxy) is 1. The summed E-state index contributed by atoms with van der Waals surface area (Å²) >= 11 is 6.03. The first-order chi connectivity index (χ1) is 12.8. The van der Waals surface area contributed by atoms with E-state index in [0.717, 1.165) is 34.0 Å². The van der Waals surface area contributed by atoms with Crippen LogP contribution in [-0.4, -0.2) is 15.7 Å². The SMILES string of the molecule is Clc1ccc(C2=NN3[C@H](C2)c2ccccc2O[C@H]3c2cccnc2)cc1. The number of benzene rings is 2. The summed E-state index contributed by atoms with van der Waals surface area (Å²) in [4.78, 5) is 4.25. The minimum absolute atomic E-state index is 0.149. The fourth-order valence-corrected chi connectivity index (χ4v) is 3.72. The second-order valence-electron chi connectivity index (χ2n) is 6.45. The molecule has 0 saturated heterocycles. The predicted molar refractivity (Wildman–Crippen MR) is 101 cm³/mol. The van der Waals surface area contributed by atoms with Crippen molar-refractivity contribution in [2.24, 2.45) is 5.10 Å². The van der Waals surface area contributed by atoms with Crippen molar-refractivity contribution in [1.82, 2.24) is 9.99 Å². The van der Waals surface area contributed by atoms with E-state index in [-0.39, 0.29) is 12.3 Å². The van der Waals surface area contributed by atoms with Gasteiger partial charge in [0.25, 0.3) is 0 Å². The first kappa shape index (κ1) is 15.4. The van der Waals surface area contributed by atoms with Crippen LogP contribution in [0.3, 0.4) is 0 Å². The quantitative estimate of drug-likeness (QED) is 0.646. The average molecular weight is 362 g/mol. The summed E-state index contributed by atoms with van der Waals surface area (Å²) in [7, 11) is 0. The van der Waals surface area contributed by atoms with Gasteiger partial charge in [-0.15, -0.1) is 0 Å². The number of hydrogen-bond donors (Lipinski definition) is 0. The van der Waals surface area contributed by atoms with Gasteiger partial charge in [-0.2, -0.15) is 5.10 Å². The Morgan fingerprint density at radius 2 is 1.85 bits per heavy atom. The zero-order valence-electron chi connectivity index (χ0n) is 13.9. The Balaban J connectivity index is 1.59. The molecule has 0 unspecified atom stereocenters. The molecular formula is C21H16ClN3O. The summed E-state index contributed by atoms with van der Waals surface area (Å²) in [6, 6.07) is 20.1. The Hall–Kier alpha value is -2.85. The molecule has 2 aliphatic rings. The van der Waals surface area contributed by atoms with E-state index >= 15 is 0 Å². The van der Waals surface area contributed by atoms with Crippen LogP contribution in [0.5, 0.6) is 5.75 Å². The topological polar surface area (TPSA) is 37.7 Å². The van der Waals surface area contributed by atoms with Gasteiger partial charge < -0.3 is 4.74 Å². The second kappa shape index (κ2) is 6.15. The molecule has 4 nitrogen and oxygen atoms in total. The number of aromatic nitrogens is 1. The summed E-state index contributed by atoms with van der Waals surface area (Å²) in [5, 5.41) is 7.71. The number of rotatable bonds is 2. The molecule has 128 valence electrons. The number of pyridine rings is 1. The van der Waals surface area contributed by atoms with Crippen molar-refractivity contribution in [3.63, 3.8) is 0 Å². The van der Waals surface area contributed by atoms with E-state index in [1.165, 1.54) is 5.56 Å². The third-order valence-electron chi connectivity index (χ3n) is 4.85. The molecule has 0 radical (unpaired) electrons. The third-order valence-corrected chi connectivity index (χ3v) is 5.10. The molecule has 2 aliphatic heterocycles. The largest absolute Gasteiger partial charge is 0.464 e. The summed E-state index contributed by atoms with van der Waals surface area (Å²) in [6.45, 7) is 0. The maximum absolute atomic E-state index is 6.29. The van der Waals surface area contributed by atoms with Crippen LogP contribution in [0.25, 0.3) is 0 Å². The van der Waals surface area contributed by atoms with E-state index in [1.807, 2.05) is 60.8 Å². The molecule has 0 amide bonds. The fourth-order valence-electron chi connectivity index (χ4n) is 3.59. The Labute approximate surface area is 156 Å². The van der Waals surface area contributed by atoms with E-state index in [4.69, 9.17) is 21.4 Å². The number of fused-ring (bicyclic) bond motifs is 3. The number of para-hydroxylation sites is 1. The van der Waals surface area contributed by atoms with Crippen molar-refractivity contribution < 1.29 is 4.74 Å². The molecule has 0 N–H and O–H groups in total. The lowest BCUT2D eigenvalue weighted by Gasteiger charge is -2.38. The normalized spacial score (nSPS) is 20.8. The highest BCUT2D eigenvalue weighted by Gasteiger charge is 2.40. The Kier molecular flexibility index (Phi) is 3.64. The van der Waals surface area contributed by atoms with Crippen LogP contribution in [0.15, 0.2) is 78.2 Å². The molecule has 0 spiro atoms. The lowest BCUT2D eigenvalue weighted by molar-refractivity contribution is -0.0192. The predicted octanol–water partition coefficient (Wildman–Crippen LogP) is 4.98. The van der Waals surface area contributed by atoms with Crippen molar-refractivity contribution in [3.05, 3.63) is 94.8 Å². The Morgan fingerprint density at radius 1 is 1.00 bits per heavy atom. The van der Waals surface area contributed by atoms with Crippen LogP contribution >= 0.6 is 11.6 Å². The first-order valence-electron chi connectivity index (χ1n) is 8.57. The van der Waals surface area contributed by atoms with Gasteiger partial charge in [0.05, 0.1) is 11.8 Å². The van der Waals surface area contributed by atoms with Crippen molar-refractivity contribution in [2.45, 2.75) is 18.7 Å². The van der Waals surface area contributed by atoms with Crippen molar-refractivity contribution in [2.75, 3.05) is 0 Å². The molecule has 3 heterocycles. The van der Waals surface area contributed by atoms with Gasteiger partial charge in [-0.25, -0.2) is 5.01 Å². The van der Waals surface area contributed by atoms with Crippen molar-refractivity contribution in [1.29, 1.82) is 0 Å². The van der Waals surface area contributed by atoms with E-state index in [0.29, 0.717) is 0 Å². The molecule has 3 aromatic rings. The molecule has 1 aromatic heterocycles. The van der Waals surface area contributed by atoms with Gasteiger partial charge in [0.2, 0.25) is 6.23 Å². The van der Waals surface area contributed by atoms with Crippen LogP contribution in [0.2, 0.25) is 5.02 Å². The van der Waals surface area contributed by atoms with Crippen LogP contribution < -0.4 is 4.74 Å². The lowest BCUT2D eigenvalue weighted by Crippen LogP contribution is -2.33. The monoisotopic (exact) mass is 361 g/mol. The summed E-state index contributed by atoms with van der Waals surface area (Å²) in [6.07, 6.45) is 4.15. The molecule has 5 rings (SSSR count). The number of halogens is 1. The van der Waals surface area contributed by atoms with E-state index in [2.05, 4.69) is 16.1 Å². The molecule has 26 heavy (non-hydrogen) atoms. The fraction of sp³-hybridized carbons (Fsp3) is 0.143. The number of hydrazone groups is 1. The van der Waals surface area contributed by atoms with Gasteiger partial charge in [0.1, 0.15) is 5.75 Å². The van der Waals surface area contributed by atoms with Crippen LogP contribution in [0, 0.1) is 0 Å². The van der Waals surface area contributed by atoms with Crippen molar-refractivity contribution >= 4 is 17.3 Å². The van der Waals surface area contributed by atoms with E-state index < -0.39 is 0 Å². The summed E-state index contributed by atoms with van der Waals surface area (Å²) in [5.41, 5.74) is 4.29. The highest BCUT2D eigenvalue weighted by atomic mass is 35.5. The lowest BCUT2D eigenvalue weighted by atomic mass is 9.96. The van der Waals surface area contributed by atoms with E-state index in [1.54, 1.807) is 6.20 Å². The van der Waals surface area contributed by atoms with Gasteiger partial charge in [0.15, 0.2) is 0 Å². The number of nitrogens with zero attached hydrogens (tertiary/aromatic N) is 3. The highest BCUT2D eigenvalue weighted by molar-refractivity contribution is 6.30. The molecule has 2 aromatic carbocycles. The standard InChI is InChI=1S/C21H16ClN3O/c22-16-9-7-14(8-10-16)18-12-19-17-5-1-2-6-20(17)26-21(25(19)24-18)15-4-3-11-23-13-15/h1-11,13,19,21H,12H2/t19-,21+/m1/s1. The average Bonchev–Trinajstić information content (AvgIpc) is 3.14. The van der Waals surface area contributed by atoms with E-state index in [9.17, 15) is 0 Å². The zero-order valence-corrected chi connectivity index (χ0v) is 14.7. The molecule has 0 fully saturated rings. The van der Waals surface area contributed by atoms with Gasteiger partial charge in [-0.3, -0.25) is 4.98 Å². The molecule has 0 saturated carbocycles. The Morgan fingerprint density at radius 3 is 2.65 bits per heavy atom. The molecule has 0 bridgehead atoms. The first-order valence-corrected chi connectivity index (χ1v) is 8.95. The maximum Gasteiger partial charge on any atom is 0.215 e. The maximum atomic E-state index is 6.29. The summed E-state index contributed by atoms with van der Waals surface area (Å²) < 4.78 is 6.29. The van der Waals surface area contributed by atoms with Gasteiger partial charge in [-0.1, -0.05) is 48.0 Å². The minimum atomic E-state index is -0.284. The number of hydrogen-bond acceptors (Lipinski definition) is 4. The molecular weight excluding hydrogens is 346 g/mol. The van der Waals surface area contributed by atoms with Gasteiger partial charge >= 0.3 is 0 Å². The van der Waals surface area contributed by atoms with Crippen LogP contribution in [0.1, 0.15) is 35.4 Å². The van der Waals surface area contributed by atoms with Gasteiger partial charge in [0, 0.05) is 35.0 Å². The second-order valence-corrected chi connectivity index (χ2v) is 6.88.